The van der Waals surface area contributed by atoms with Crippen LogP contribution in [-0.4, -0.2) is 98.7 Å². The van der Waals surface area contributed by atoms with E-state index in [1.165, 1.54) is 12.8 Å². The van der Waals surface area contributed by atoms with Crippen LogP contribution in [0, 0.1) is 5.41 Å². The molecule has 0 unspecified atom stereocenters. The zero-order valence-corrected chi connectivity index (χ0v) is 20.0. The van der Waals surface area contributed by atoms with Crippen molar-refractivity contribution in [2.24, 2.45) is 10.4 Å². The number of piperazine rings is 1. The number of hydrogen-bond donors (Lipinski definition) is 1. The minimum atomic E-state index is 0. The van der Waals surface area contributed by atoms with Crippen LogP contribution in [0.1, 0.15) is 39.5 Å². The summed E-state index contributed by atoms with van der Waals surface area (Å²) in [5.74, 6) is 1.31. The van der Waals surface area contributed by atoms with Crippen LogP contribution in [0.5, 0.6) is 0 Å². The summed E-state index contributed by atoms with van der Waals surface area (Å²) in [6.45, 7) is 13.8. The van der Waals surface area contributed by atoms with Crippen LogP contribution in [0.3, 0.4) is 0 Å². The van der Waals surface area contributed by atoms with E-state index in [0.717, 1.165) is 84.4 Å². The summed E-state index contributed by atoms with van der Waals surface area (Å²) in [6, 6.07) is 0. The van der Waals surface area contributed by atoms with E-state index in [0.29, 0.717) is 12.5 Å². The number of rotatable bonds is 5. The van der Waals surface area contributed by atoms with Gasteiger partial charge in [0.15, 0.2) is 5.96 Å². The molecule has 3 fully saturated rings. The van der Waals surface area contributed by atoms with Crippen LogP contribution >= 0.6 is 24.0 Å². The van der Waals surface area contributed by atoms with Gasteiger partial charge in [0.25, 0.3) is 0 Å². The van der Waals surface area contributed by atoms with Gasteiger partial charge in [-0.2, -0.15) is 0 Å². The molecule has 1 amide bonds. The molecule has 3 rings (SSSR count). The van der Waals surface area contributed by atoms with Crippen molar-refractivity contribution in [1.82, 2.24) is 20.0 Å². The predicted octanol–water partition coefficient (Wildman–Crippen LogP) is 1.63. The van der Waals surface area contributed by atoms with E-state index < -0.39 is 0 Å². The van der Waals surface area contributed by atoms with E-state index in [-0.39, 0.29) is 29.4 Å². The number of likely N-dealkylation sites (tertiary alicyclic amines) is 1. The molecule has 28 heavy (non-hydrogen) atoms. The maximum atomic E-state index is 12.6. The fourth-order valence-corrected chi connectivity index (χ4v) is 3.96. The molecule has 3 saturated heterocycles. The molecular formula is C20H38IN5O2. The second-order valence-electron chi connectivity index (χ2n) is 8.53. The number of nitrogens with zero attached hydrogens (tertiary/aromatic N) is 4. The van der Waals surface area contributed by atoms with Gasteiger partial charge in [-0.15, -0.1) is 24.0 Å². The number of nitrogens with one attached hydrogen (secondary N) is 1. The zero-order chi connectivity index (χ0) is 19.1. The number of carbonyl (C=O) groups excluding carboxylic acids is 1. The van der Waals surface area contributed by atoms with Gasteiger partial charge in [0.1, 0.15) is 0 Å². The first-order chi connectivity index (χ1) is 13.1. The van der Waals surface area contributed by atoms with Gasteiger partial charge in [-0.1, -0.05) is 19.8 Å². The van der Waals surface area contributed by atoms with Crippen molar-refractivity contribution in [2.75, 3.05) is 72.1 Å². The summed E-state index contributed by atoms with van der Waals surface area (Å²) < 4.78 is 5.34. The average molecular weight is 507 g/mol. The van der Waals surface area contributed by atoms with Gasteiger partial charge in [-0.25, -0.2) is 0 Å². The van der Waals surface area contributed by atoms with Crippen molar-refractivity contribution >= 4 is 35.8 Å². The van der Waals surface area contributed by atoms with Crippen LogP contribution in [0.2, 0.25) is 0 Å². The van der Waals surface area contributed by atoms with Crippen molar-refractivity contribution in [3.05, 3.63) is 0 Å². The number of amides is 1. The lowest BCUT2D eigenvalue weighted by atomic mass is 9.89. The standard InChI is InChI=1S/C20H37N5O2.HI/c1-3-21-19(22-15-20(2)16-27-17-20)25-12-10-23(11-13-25)14-18(26)24-8-6-4-5-7-9-24;/h3-17H2,1-2H3,(H,21,22);1H. The maximum Gasteiger partial charge on any atom is 0.236 e. The third kappa shape index (κ3) is 6.73. The molecular weight excluding hydrogens is 469 g/mol. The summed E-state index contributed by atoms with van der Waals surface area (Å²) >= 11 is 0. The highest BCUT2D eigenvalue weighted by molar-refractivity contribution is 14.0. The second kappa shape index (κ2) is 11.5. The fourth-order valence-electron chi connectivity index (χ4n) is 3.96. The van der Waals surface area contributed by atoms with Gasteiger partial charge >= 0.3 is 0 Å². The molecule has 0 saturated carbocycles. The number of carbonyl (C=O) groups is 1. The van der Waals surface area contributed by atoms with Crippen LogP contribution in [0.15, 0.2) is 4.99 Å². The third-order valence-electron chi connectivity index (χ3n) is 5.84. The lowest BCUT2D eigenvalue weighted by Gasteiger charge is -2.39. The van der Waals surface area contributed by atoms with Crippen LogP contribution in [0.4, 0.5) is 0 Å². The molecule has 8 heteroatoms. The van der Waals surface area contributed by atoms with Crippen LogP contribution < -0.4 is 5.32 Å². The Hall–Kier alpha value is -0.610. The van der Waals surface area contributed by atoms with Crippen LogP contribution in [0.25, 0.3) is 0 Å². The zero-order valence-electron chi connectivity index (χ0n) is 17.6. The Kier molecular flexibility index (Phi) is 9.76. The molecule has 1 N–H and O–H groups in total. The summed E-state index contributed by atoms with van der Waals surface area (Å²) in [4.78, 5) is 24.2. The molecule has 0 atom stereocenters. The van der Waals surface area contributed by atoms with Gasteiger partial charge in [-0.3, -0.25) is 14.7 Å². The Morgan fingerprint density at radius 3 is 2.18 bits per heavy atom. The molecule has 162 valence electrons. The van der Waals surface area contributed by atoms with E-state index in [1.54, 1.807) is 0 Å². The number of hydrogen-bond acceptors (Lipinski definition) is 4. The highest BCUT2D eigenvalue weighted by Crippen LogP contribution is 2.26. The molecule has 0 bridgehead atoms. The topological polar surface area (TPSA) is 60.4 Å². The first-order valence-electron chi connectivity index (χ1n) is 10.7. The normalized spacial score (nSPS) is 23.4. The average Bonchev–Trinajstić information content (AvgIpc) is 2.94. The minimum Gasteiger partial charge on any atom is -0.380 e. The monoisotopic (exact) mass is 507 g/mol. The Balaban J connectivity index is 0.00000280. The van der Waals surface area contributed by atoms with E-state index in [4.69, 9.17) is 9.73 Å². The highest BCUT2D eigenvalue weighted by atomic mass is 127. The van der Waals surface area contributed by atoms with E-state index in [2.05, 4.69) is 33.9 Å². The maximum absolute atomic E-state index is 12.6. The van der Waals surface area contributed by atoms with Crippen molar-refractivity contribution in [2.45, 2.75) is 39.5 Å². The first kappa shape index (κ1) is 23.7. The molecule has 0 aromatic carbocycles. The molecule has 7 nitrogen and oxygen atoms in total. The van der Waals surface area contributed by atoms with Crippen molar-refractivity contribution in [3.63, 3.8) is 0 Å². The SMILES string of the molecule is CCNC(=NCC1(C)COC1)N1CCN(CC(=O)N2CCCCCC2)CC1.I. The van der Waals surface area contributed by atoms with Gasteiger partial charge in [0, 0.05) is 51.2 Å². The summed E-state index contributed by atoms with van der Waals surface area (Å²) in [7, 11) is 0. The Morgan fingerprint density at radius 2 is 1.64 bits per heavy atom. The number of ether oxygens (including phenoxy) is 1. The molecule has 0 spiro atoms. The first-order valence-corrected chi connectivity index (χ1v) is 10.7. The Morgan fingerprint density at radius 1 is 1.00 bits per heavy atom. The van der Waals surface area contributed by atoms with Crippen molar-refractivity contribution in [3.8, 4) is 0 Å². The third-order valence-corrected chi connectivity index (χ3v) is 5.84. The fraction of sp³-hybridized carbons (Fsp3) is 0.900. The lowest BCUT2D eigenvalue weighted by molar-refractivity contribution is -0.132. The van der Waals surface area contributed by atoms with E-state index in [1.807, 2.05) is 0 Å². The Bertz CT molecular complexity index is 511. The van der Waals surface area contributed by atoms with Gasteiger partial charge in [0.05, 0.1) is 26.3 Å². The Labute approximate surface area is 187 Å². The highest BCUT2D eigenvalue weighted by Gasteiger charge is 2.33. The molecule has 3 heterocycles. The molecule has 0 aromatic heterocycles. The van der Waals surface area contributed by atoms with Crippen LogP contribution in [-0.2, 0) is 9.53 Å². The lowest BCUT2D eigenvalue weighted by Crippen LogP contribution is -2.54. The number of guanidine groups is 1. The van der Waals surface area contributed by atoms with E-state index >= 15 is 0 Å². The molecule has 0 aromatic rings. The summed E-state index contributed by atoms with van der Waals surface area (Å²) in [6.07, 6.45) is 4.85. The number of halogens is 1. The molecule has 3 aliphatic rings. The second-order valence-corrected chi connectivity index (χ2v) is 8.53. The van der Waals surface area contributed by atoms with E-state index in [9.17, 15) is 4.79 Å². The quantitative estimate of drug-likeness (QED) is 0.348. The van der Waals surface area contributed by atoms with Gasteiger partial charge in [0.2, 0.25) is 5.91 Å². The summed E-state index contributed by atoms with van der Waals surface area (Å²) in [5, 5.41) is 3.43. The van der Waals surface area contributed by atoms with Gasteiger partial charge in [-0.05, 0) is 19.8 Å². The molecule has 3 aliphatic heterocycles. The van der Waals surface area contributed by atoms with Crippen molar-refractivity contribution < 1.29 is 9.53 Å². The van der Waals surface area contributed by atoms with Crippen molar-refractivity contribution in [1.29, 1.82) is 0 Å². The smallest absolute Gasteiger partial charge is 0.236 e. The largest absolute Gasteiger partial charge is 0.380 e. The summed E-state index contributed by atoms with van der Waals surface area (Å²) in [5.41, 5.74) is 0.196. The minimum absolute atomic E-state index is 0. The number of aliphatic imine (C=N–C) groups is 1. The predicted molar refractivity (Wildman–Crippen MR) is 123 cm³/mol. The van der Waals surface area contributed by atoms with Gasteiger partial charge < -0.3 is 19.9 Å². The molecule has 0 radical (unpaired) electrons. The molecule has 0 aliphatic carbocycles.